The summed E-state index contributed by atoms with van der Waals surface area (Å²) in [4.78, 5) is 12.8. The van der Waals surface area contributed by atoms with E-state index in [0.717, 1.165) is 19.3 Å². The van der Waals surface area contributed by atoms with Crippen LogP contribution in [0.1, 0.15) is 33.1 Å². The molecule has 5 heteroatoms. The lowest BCUT2D eigenvalue weighted by molar-refractivity contribution is -0.135. The first-order chi connectivity index (χ1) is 9.77. The third-order valence-corrected chi connectivity index (χ3v) is 6.02. The van der Waals surface area contributed by atoms with Crippen molar-refractivity contribution in [3.05, 3.63) is 28.2 Å². The van der Waals surface area contributed by atoms with Gasteiger partial charge in [-0.1, -0.05) is 37.0 Å². The number of hydrogen-bond donors (Lipinski definition) is 2. The molecule has 0 radical (unpaired) electrons. The van der Waals surface area contributed by atoms with Gasteiger partial charge >= 0.3 is 0 Å². The molecular weight excluding hydrogens is 309 g/mol. The summed E-state index contributed by atoms with van der Waals surface area (Å²) in [5, 5.41) is 14.5. The molecule has 1 amide bonds. The minimum atomic E-state index is -0.695. The Kier molecular flexibility index (Phi) is 3.51. The van der Waals surface area contributed by atoms with Crippen LogP contribution >= 0.6 is 23.2 Å². The van der Waals surface area contributed by atoms with Crippen LogP contribution in [0.2, 0.25) is 10.0 Å². The molecule has 114 valence electrons. The number of aliphatic hydroxyl groups is 1. The van der Waals surface area contributed by atoms with Crippen LogP contribution in [-0.4, -0.2) is 17.1 Å². The molecule has 0 aromatic heterocycles. The third kappa shape index (κ3) is 2.18. The average Bonchev–Trinajstić information content (AvgIpc) is 2.94. The Bertz CT molecular complexity index is 602. The van der Waals surface area contributed by atoms with Crippen LogP contribution in [0.15, 0.2) is 18.2 Å². The molecule has 2 bridgehead atoms. The SMILES string of the molecule is CC1(C)C2CCC(C(=O)Nc3cc(Cl)ccc3Cl)(C2)C1O. The molecule has 0 aliphatic heterocycles. The number of nitrogens with one attached hydrogen (secondary N) is 1. The molecule has 2 aliphatic carbocycles. The van der Waals surface area contributed by atoms with Crippen molar-refractivity contribution < 1.29 is 9.90 Å². The fourth-order valence-electron chi connectivity index (χ4n) is 4.06. The van der Waals surface area contributed by atoms with Gasteiger partial charge in [0.2, 0.25) is 5.91 Å². The van der Waals surface area contributed by atoms with Gasteiger partial charge in [0.1, 0.15) is 0 Å². The van der Waals surface area contributed by atoms with Crippen molar-refractivity contribution >= 4 is 34.8 Å². The largest absolute Gasteiger partial charge is 0.391 e. The number of anilines is 1. The first-order valence-electron chi connectivity index (χ1n) is 7.22. The van der Waals surface area contributed by atoms with E-state index in [4.69, 9.17) is 23.2 Å². The molecule has 2 N–H and O–H groups in total. The van der Waals surface area contributed by atoms with Crippen LogP contribution in [0.25, 0.3) is 0 Å². The zero-order valence-corrected chi connectivity index (χ0v) is 13.6. The Hall–Kier alpha value is -0.770. The Morgan fingerprint density at radius 2 is 2.10 bits per heavy atom. The van der Waals surface area contributed by atoms with Gasteiger partial charge < -0.3 is 10.4 Å². The van der Waals surface area contributed by atoms with Crippen LogP contribution in [0.3, 0.4) is 0 Å². The number of fused-ring (bicyclic) bond motifs is 2. The first-order valence-corrected chi connectivity index (χ1v) is 7.97. The molecule has 3 nitrogen and oxygen atoms in total. The number of benzene rings is 1. The van der Waals surface area contributed by atoms with Gasteiger partial charge in [-0.3, -0.25) is 4.79 Å². The van der Waals surface area contributed by atoms with Crippen molar-refractivity contribution in [2.45, 2.75) is 39.2 Å². The highest BCUT2D eigenvalue weighted by Gasteiger charge is 2.64. The number of hydrogen-bond acceptors (Lipinski definition) is 2. The monoisotopic (exact) mass is 327 g/mol. The van der Waals surface area contributed by atoms with E-state index < -0.39 is 11.5 Å². The smallest absolute Gasteiger partial charge is 0.233 e. The summed E-state index contributed by atoms with van der Waals surface area (Å²) in [6.07, 6.45) is 1.83. The highest BCUT2D eigenvalue weighted by Crippen LogP contribution is 2.62. The topological polar surface area (TPSA) is 49.3 Å². The first kappa shape index (κ1) is 15.1. The summed E-state index contributed by atoms with van der Waals surface area (Å²) < 4.78 is 0. The number of rotatable bonds is 2. The number of carbonyl (C=O) groups excluding carboxylic acids is 1. The van der Waals surface area contributed by atoms with Crippen molar-refractivity contribution in [2.75, 3.05) is 5.32 Å². The predicted molar refractivity (Wildman–Crippen MR) is 84.7 cm³/mol. The number of halogens is 2. The summed E-state index contributed by atoms with van der Waals surface area (Å²) >= 11 is 12.1. The molecule has 3 atom stereocenters. The van der Waals surface area contributed by atoms with E-state index in [0.29, 0.717) is 21.7 Å². The molecule has 3 rings (SSSR count). The maximum absolute atomic E-state index is 12.8. The zero-order chi connectivity index (χ0) is 15.4. The molecular formula is C16H19Cl2NO2. The standard InChI is InChI=1S/C16H19Cl2NO2/c1-15(2)9-5-6-16(8-9,13(15)20)14(21)19-12-7-10(17)3-4-11(12)18/h3-4,7,9,13,20H,5-6,8H2,1-2H3,(H,19,21). The second-order valence-electron chi connectivity index (χ2n) is 6.90. The van der Waals surface area contributed by atoms with Gasteiger partial charge in [0.25, 0.3) is 0 Å². The van der Waals surface area contributed by atoms with Crippen molar-refractivity contribution in [2.24, 2.45) is 16.7 Å². The molecule has 2 fully saturated rings. The summed E-state index contributed by atoms with van der Waals surface area (Å²) in [7, 11) is 0. The quantitative estimate of drug-likeness (QED) is 0.858. The molecule has 21 heavy (non-hydrogen) atoms. The van der Waals surface area contributed by atoms with E-state index in [9.17, 15) is 9.90 Å². The van der Waals surface area contributed by atoms with E-state index >= 15 is 0 Å². The minimum absolute atomic E-state index is 0.146. The molecule has 2 saturated carbocycles. The summed E-state index contributed by atoms with van der Waals surface area (Å²) in [6, 6.07) is 4.97. The maximum atomic E-state index is 12.8. The zero-order valence-electron chi connectivity index (χ0n) is 12.1. The Balaban J connectivity index is 1.88. The summed E-state index contributed by atoms with van der Waals surface area (Å²) in [6.45, 7) is 4.09. The van der Waals surface area contributed by atoms with Gasteiger partial charge in [-0.25, -0.2) is 0 Å². The molecule has 0 spiro atoms. The lowest BCUT2D eigenvalue weighted by Gasteiger charge is -2.39. The van der Waals surface area contributed by atoms with Gasteiger partial charge in [-0.05, 0) is 48.8 Å². The maximum Gasteiger partial charge on any atom is 0.233 e. The normalized spacial score (nSPS) is 33.2. The molecule has 0 saturated heterocycles. The molecule has 2 aliphatic rings. The number of amides is 1. The van der Waals surface area contributed by atoms with Gasteiger partial charge in [0.05, 0.1) is 22.2 Å². The van der Waals surface area contributed by atoms with E-state index in [2.05, 4.69) is 5.32 Å². The Morgan fingerprint density at radius 1 is 1.38 bits per heavy atom. The van der Waals surface area contributed by atoms with Crippen LogP contribution in [0.4, 0.5) is 5.69 Å². The summed E-state index contributed by atoms with van der Waals surface area (Å²) in [5.74, 6) is 0.250. The number of aliphatic hydroxyl groups excluding tert-OH is 1. The second-order valence-corrected chi connectivity index (χ2v) is 7.74. The highest BCUT2D eigenvalue weighted by atomic mass is 35.5. The van der Waals surface area contributed by atoms with Crippen LogP contribution in [0.5, 0.6) is 0 Å². The minimum Gasteiger partial charge on any atom is -0.391 e. The summed E-state index contributed by atoms with van der Waals surface area (Å²) in [5.41, 5.74) is -0.406. The third-order valence-electron chi connectivity index (χ3n) is 5.46. The van der Waals surface area contributed by atoms with Gasteiger partial charge in [0.15, 0.2) is 0 Å². The van der Waals surface area contributed by atoms with E-state index in [1.165, 1.54) is 0 Å². The Labute approximate surface area is 134 Å². The predicted octanol–water partition coefficient (Wildman–Crippen LogP) is 4.12. The second kappa shape index (κ2) is 4.87. The van der Waals surface area contributed by atoms with Crippen molar-refractivity contribution in [1.82, 2.24) is 0 Å². The Morgan fingerprint density at radius 3 is 2.71 bits per heavy atom. The van der Waals surface area contributed by atoms with Gasteiger partial charge in [-0.2, -0.15) is 0 Å². The molecule has 3 unspecified atom stereocenters. The van der Waals surface area contributed by atoms with Crippen molar-refractivity contribution in [3.63, 3.8) is 0 Å². The molecule has 1 aromatic rings. The van der Waals surface area contributed by atoms with Crippen molar-refractivity contribution in [1.29, 1.82) is 0 Å². The average molecular weight is 328 g/mol. The lowest BCUT2D eigenvalue weighted by Crippen LogP contribution is -2.48. The van der Waals surface area contributed by atoms with E-state index in [1.54, 1.807) is 18.2 Å². The van der Waals surface area contributed by atoms with E-state index in [1.807, 2.05) is 13.8 Å². The fourth-order valence-corrected chi connectivity index (χ4v) is 4.40. The van der Waals surface area contributed by atoms with Crippen LogP contribution < -0.4 is 5.32 Å². The lowest BCUT2D eigenvalue weighted by atomic mass is 9.69. The highest BCUT2D eigenvalue weighted by molar-refractivity contribution is 6.35. The van der Waals surface area contributed by atoms with Crippen molar-refractivity contribution in [3.8, 4) is 0 Å². The molecule has 1 aromatic carbocycles. The van der Waals surface area contributed by atoms with Gasteiger partial charge in [0, 0.05) is 5.02 Å². The fraction of sp³-hybridized carbons (Fsp3) is 0.562. The van der Waals surface area contributed by atoms with Gasteiger partial charge in [-0.15, -0.1) is 0 Å². The van der Waals surface area contributed by atoms with E-state index in [-0.39, 0.29) is 11.3 Å². The molecule has 0 heterocycles. The van der Waals surface area contributed by atoms with Crippen LogP contribution in [0, 0.1) is 16.7 Å². The van der Waals surface area contributed by atoms with Crippen LogP contribution in [-0.2, 0) is 4.79 Å². The number of carbonyl (C=O) groups is 1.